The van der Waals surface area contributed by atoms with E-state index in [0.717, 1.165) is 13.1 Å². The number of nitrogens with one attached hydrogen (secondary N) is 1. The lowest BCUT2D eigenvalue weighted by Crippen LogP contribution is -2.47. The van der Waals surface area contributed by atoms with Crippen LogP contribution in [0.2, 0.25) is 0 Å². The van der Waals surface area contributed by atoms with Crippen LogP contribution in [0, 0.1) is 0 Å². The summed E-state index contributed by atoms with van der Waals surface area (Å²) in [6.07, 6.45) is -0.681. The summed E-state index contributed by atoms with van der Waals surface area (Å²) in [5, 5.41) is 11.6. The fourth-order valence-electron chi connectivity index (χ4n) is 2.33. The summed E-state index contributed by atoms with van der Waals surface area (Å²) in [5.41, 5.74) is 0. The number of ether oxygens (including phenoxy) is 2. The molecule has 2 saturated heterocycles. The van der Waals surface area contributed by atoms with Crippen LogP contribution in [-0.4, -0.2) is 73.5 Å². The van der Waals surface area contributed by atoms with Crippen molar-refractivity contribution in [3.05, 3.63) is 0 Å². The summed E-state index contributed by atoms with van der Waals surface area (Å²) < 4.78 is 10.7. The van der Waals surface area contributed by atoms with E-state index >= 15 is 0 Å². The van der Waals surface area contributed by atoms with Crippen LogP contribution in [0.1, 0.15) is 12.8 Å². The number of rotatable bonds is 4. The van der Waals surface area contributed by atoms with Crippen molar-refractivity contribution in [3.63, 3.8) is 0 Å². The van der Waals surface area contributed by atoms with E-state index in [-0.39, 0.29) is 12.0 Å². The van der Waals surface area contributed by atoms with Gasteiger partial charge in [-0.15, -0.1) is 0 Å². The molecule has 0 bridgehead atoms. The summed E-state index contributed by atoms with van der Waals surface area (Å²) in [6.45, 7) is 2.78. The van der Waals surface area contributed by atoms with E-state index in [2.05, 4.69) is 10.2 Å². The Balaban J connectivity index is 1.71. The molecule has 3 atom stereocenters. The van der Waals surface area contributed by atoms with Gasteiger partial charge < -0.3 is 24.8 Å². The van der Waals surface area contributed by atoms with Crippen molar-refractivity contribution in [2.24, 2.45) is 0 Å². The number of hydrogen-bond donors (Lipinski definition) is 2. The Morgan fingerprint density at radius 3 is 2.74 bits per heavy atom. The second-order valence-electron chi connectivity index (χ2n) is 5.03. The molecule has 2 heterocycles. The van der Waals surface area contributed by atoms with Gasteiger partial charge in [0.2, 0.25) is 5.91 Å². The van der Waals surface area contributed by atoms with Gasteiger partial charge in [0.05, 0.1) is 12.7 Å². The maximum atomic E-state index is 11.8. The number of morpholine rings is 1. The normalized spacial score (nSPS) is 32.2. The van der Waals surface area contributed by atoms with Crippen LogP contribution in [0.25, 0.3) is 0 Å². The van der Waals surface area contributed by atoms with Crippen LogP contribution in [0.3, 0.4) is 0 Å². The zero-order valence-corrected chi connectivity index (χ0v) is 11.0. The number of carbonyl (C=O) groups excluding carboxylic acids is 1. The molecule has 0 aromatic heterocycles. The van der Waals surface area contributed by atoms with Gasteiger partial charge in [-0.25, -0.2) is 4.79 Å². The zero-order valence-electron chi connectivity index (χ0n) is 11.0. The molecule has 7 heteroatoms. The molecule has 7 nitrogen and oxygen atoms in total. The average molecular weight is 272 g/mol. The lowest BCUT2D eigenvalue weighted by atomic mass is 10.2. The van der Waals surface area contributed by atoms with Crippen LogP contribution in [0.4, 0.5) is 0 Å². The van der Waals surface area contributed by atoms with Gasteiger partial charge in [-0.05, 0) is 19.9 Å². The van der Waals surface area contributed by atoms with Crippen LogP contribution in [-0.2, 0) is 19.1 Å². The molecule has 0 radical (unpaired) electrons. The topological polar surface area (TPSA) is 88.1 Å². The monoisotopic (exact) mass is 272 g/mol. The minimum absolute atomic E-state index is 0.0145. The number of carboxylic acid groups (broad SMARTS) is 1. The highest BCUT2D eigenvalue weighted by molar-refractivity contribution is 5.82. The van der Waals surface area contributed by atoms with Crippen molar-refractivity contribution in [2.45, 2.75) is 31.2 Å². The lowest BCUT2D eigenvalue weighted by Gasteiger charge is -2.30. The Labute approximate surface area is 111 Å². The molecule has 0 aromatic carbocycles. The van der Waals surface area contributed by atoms with Crippen LogP contribution >= 0.6 is 0 Å². The number of nitrogens with zero attached hydrogens (tertiary/aromatic N) is 1. The van der Waals surface area contributed by atoms with E-state index in [4.69, 9.17) is 14.6 Å². The van der Waals surface area contributed by atoms with Gasteiger partial charge in [-0.1, -0.05) is 0 Å². The first-order chi connectivity index (χ1) is 9.06. The van der Waals surface area contributed by atoms with Crippen molar-refractivity contribution in [1.29, 1.82) is 0 Å². The Morgan fingerprint density at radius 1 is 1.37 bits per heavy atom. The molecular weight excluding hydrogens is 252 g/mol. The quantitative estimate of drug-likeness (QED) is 0.687. The number of carboxylic acids is 1. The van der Waals surface area contributed by atoms with Crippen LogP contribution in [0.15, 0.2) is 0 Å². The van der Waals surface area contributed by atoms with Gasteiger partial charge in [0.15, 0.2) is 6.10 Å². The van der Waals surface area contributed by atoms with Gasteiger partial charge in [-0.3, -0.25) is 4.79 Å². The number of hydrogen-bond acceptors (Lipinski definition) is 5. The van der Waals surface area contributed by atoms with Gasteiger partial charge >= 0.3 is 5.97 Å². The summed E-state index contributed by atoms with van der Waals surface area (Å²) in [5.74, 6) is -1.26. The predicted molar refractivity (Wildman–Crippen MR) is 65.8 cm³/mol. The molecule has 0 aromatic rings. The average Bonchev–Trinajstić information content (AvgIpc) is 2.86. The van der Waals surface area contributed by atoms with Crippen molar-refractivity contribution < 1.29 is 24.2 Å². The Morgan fingerprint density at radius 2 is 2.11 bits per heavy atom. The summed E-state index contributed by atoms with van der Waals surface area (Å²) >= 11 is 0. The van der Waals surface area contributed by atoms with Crippen molar-refractivity contribution in [3.8, 4) is 0 Å². The number of carbonyl (C=O) groups is 2. The van der Waals surface area contributed by atoms with Gasteiger partial charge in [0.1, 0.15) is 6.10 Å². The zero-order chi connectivity index (χ0) is 13.8. The Bertz CT molecular complexity index is 349. The second-order valence-corrected chi connectivity index (χ2v) is 5.03. The fraction of sp³-hybridized carbons (Fsp3) is 0.833. The lowest BCUT2D eigenvalue weighted by molar-refractivity contribution is -0.152. The molecule has 2 aliphatic rings. The van der Waals surface area contributed by atoms with Crippen molar-refractivity contribution in [1.82, 2.24) is 10.2 Å². The maximum absolute atomic E-state index is 11.8. The molecule has 2 rings (SSSR count). The highest BCUT2D eigenvalue weighted by Crippen LogP contribution is 2.19. The molecule has 2 fully saturated rings. The molecule has 0 aliphatic carbocycles. The predicted octanol–water partition coefficient (Wildman–Crippen LogP) is -0.935. The first kappa shape index (κ1) is 14.2. The summed E-state index contributed by atoms with van der Waals surface area (Å²) in [7, 11) is 2.01. The third-order valence-electron chi connectivity index (χ3n) is 3.43. The Hall–Kier alpha value is -1.18. The second kappa shape index (κ2) is 6.31. The van der Waals surface area contributed by atoms with E-state index in [0.29, 0.717) is 26.0 Å². The number of aliphatic carboxylic acids is 1. The number of amides is 1. The summed E-state index contributed by atoms with van der Waals surface area (Å²) in [4.78, 5) is 24.7. The van der Waals surface area contributed by atoms with Gasteiger partial charge in [0.25, 0.3) is 0 Å². The van der Waals surface area contributed by atoms with E-state index in [9.17, 15) is 9.59 Å². The molecule has 0 spiro atoms. The third kappa shape index (κ3) is 3.89. The Kier molecular flexibility index (Phi) is 4.73. The molecular formula is C12H20N2O5. The van der Waals surface area contributed by atoms with Crippen LogP contribution < -0.4 is 5.32 Å². The van der Waals surface area contributed by atoms with Gasteiger partial charge in [-0.2, -0.15) is 0 Å². The molecule has 2 aliphatic heterocycles. The molecule has 19 heavy (non-hydrogen) atoms. The minimum Gasteiger partial charge on any atom is -0.479 e. The number of likely N-dealkylation sites (N-methyl/N-ethyl adjacent to an activating group) is 1. The first-order valence-corrected chi connectivity index (χ1v) is 6.52. The molecule has 0 saturated carbocycles. The van der Waals surface area contributed by atoms with E-state index < -0.39 is 18.2 Å². The highest BCUT2D eigenvalue weighted by Gasteiger charge is 2.34. The SMILES string of the molecule is CN1CCOC(CNC(=O)C2CCC(C(=O)O)O2)C1. The molecule has 1 amide bonds. The van der Waals surface area contributed by atoms with Crippen molar-refractivity contribution >= 4 is 11.9 Å². The van der Waals surface area contributed by atoms with E-state index in [1.165, 1.54) is 0 Å². The summed E-state index contributed by atoms with van der Waals surface area (Å²) in [6, 6.07) is 0. The third-order valence-corrected chi connectivity index (χ3v) is 3.43. The fourth-order valence-corrected chi connectivity index (χ4v) is 2.33. The van der Waals surface area contributed by atoms with E-state index in [1.54, 1.807) is 0 Å². The standard InChI is InChI=1S/C12H20N2O5/c1-14-4-5-18-8(7-14)6-13-11(15)9-2-3-10(19-9)12(16)17/h8-10H,2-7H2,1H3,(H,13,15)(H,16,17). The largest absolute Gasteiger partial charge is 0.479 e. The van der Waals surface area contributed by atoms with Gasteiger partial charge in [0, 0.05) is 19.6 Å². The first-order valence-electron chi connectivity index (χ1n) is 6.52. The highest BCUT2D eigenvalue weighted by atomic mass is 16.5. The molecule has 3 unspecified atom stereocenters. The minimum atomic E-state index is -1.01. The van der Waals surface area contributed by atoms with E-state index in [1.807, 2.05) is 7.05 Å². The maximum Gasteiger partial charge on any atom is 0.332 e. The smallest absolute Gasteiger partial charge is 0.332 e. The van der Waals surface area contributed by atoms with Crippen LogP contribution in [0.5, 0.6) is 0 Å². The van der Waals surface area contributed by atoms with Crippen molar-refractivity contribution in [2.75, 3.05) is 33.3 Å². The molecule has 108 valence electrons. The molecule has 2 N–H and O–H groups in total.